The van der Waals surface area contributed by atoms with Crippen molar-refractivity contribution in [3.05, 3.63) is 12.2 Å². The van der Waals surface area contributed by atoms with Crippen molar-refractivity contribution in [2.75, 3.05) is 13.2 Å². The van der Waals surface area contributed by atoms with Crippen LogP contribution in [0.4, 0.5) is 0 Å². The van der Waals surface area contributed by atoms with Gasteiger partial charge in [-0.1, -0.05) is 258 Å². The standard InChI is InChI=1S/C57H108O7/c1-4-7-10-13-15-17-19-21-23-25-27-29-34-38-43-48-55(59)62-51-54(52-63-56(60)49-44-39-35-30-28-26-24-22-20-18-16-14-11-8-5-2)64-57(61)50-45-40-36-32-31-33-37-42-47-53(58)46-41-12-9-6-3/h37,42,53-54,58H,4-36,38-41,43-52H2,1-3H3/b42-37-/t53-/m1/s1. The highest BCUT2D eigenvalue weighted by atomic mass is 16.6. The molecule has 64 heavy (non-hydrogen) atoms. The van der Waals surface area contributed by atoms with Crippen LogP contribution >= 0.6 is 0 Å². The maximum Gasteiger partial charge on any atom is 0.306 e. The highest BCUT2D eigenvalue weighted by Gasteiger charge is 2.19. The lowest BCUT2D eigenvalue weighted by Crippen LogP contribution is -2.30. The van der Waals surface area contributed by atoms with Crippen LogP contribution < -0.4 is 0 Å². The Hall–Kier alpha value is -1.89. The Bertz CT molecular complexity index is 962. The van der Waals surface area contributed by atoms with Gasteiger partial charge < -0.3 is 19.3 Å². The smallest absolute Gasteiger partial charge is 0.306 e. The third-order valence-electron chi connectivity index (χ3n) is 12.8. The molecule has 1 atom stereocenters. The van der Waals surface area contributed by atoms with Gasteiger partial charge in [0.2, 0.25) is 0 Å². The summed E-state index contributed by atoms with van der Waals surface area (Å²) in [6.07, 6.45) is 54.9. The van der Waals surface area contributed by atoms with E-state index in [-0.39, 0.29) is 37.2 Å². The number of ether oxygens (including phenoxy) is 3. The molecular formula is C57H108O7. The first kappa shape index (κ1) is 62.1. The van der Waals surface area contributed by atoms with E-state index in [1.54, 1.807) is 0 Å². The molecule has 0 saturated heterocycles. The number of esters is 3. The van der Waals surface area contributed by atoms with Crippen LogP contribution in [0.25, 0.3) is 0 Å². The zero-order valence-electron chi connectivity index (χ0n) is 42.9. The normalized spacial score (nSPS) is 12.1. The number of rotatable bonds is 52. The van der Waals surface area contributed by atoms with Crippen LogP contribution in [0.5, 0.6) is 0 Å². The van der Waals surface area contributed by atoms with E-state index in [1.807, 2.05) is 0 Å². The molecule has 0 amide bonds. The van der Waals surface area contributed by atoms with Gasteiger partial charge in [-0.2, -0.15) is 0 Å². The topological polar surface area (TPSA) is 99.1 Å². The molecule has 0 spiro atoms. The Kier molecular flexibility index (Phi) is 50.5. The maximum absolute atomic E-state index is 12.8. The molecule has 0 bridgehead atoms. The lowest BCUT2D eigenvalue weighted by Gasteiger charge is -2.18. The van der Waals surface area contributed by atoms with E-state index in [4.69, 9.17) is 14.2 Å². The zero-order valence-corrected chi connectivity index (χ0v) is 42.9. The number of carbonyl (C=O) groups is 3. The van der Waals surface area contributed by atoms with E-state index < -0.39 is 6.10 Å². The van der Waals surface area contributed by atoms with Crippen LogP contribution in [0, 0.1) is 0 Å². The summed E-state index contributed by atoms with van der Waals surface area (Å²) in [5, 5.41) is 10.1. The molecule has 0 aromatic heterocycles. The fourth-order valence-electron chi connectivity index (χ4n) is 8.52. The molecule has 0 aromatic carbocycles. The van der Waals surface area contributed by atoms with Crippen molar-refractivity contribution in [3.8, 4) is 0 Å². The summed E-state index contributed by atoms with van der Waals surface area (Å²) >= 11 is 0. The molecule has 0 aliphatic carbocycles. The van der Waals surface area contributed by atoms with E-state index in [0.29, 0.717) is 19.3 Å². The predicted molar refractivity (Wildman–Crippen MR) is 272 cm³/mol. The van der Waals surface area contributed by atoms with Gasteiger partial charge in [0, 0.05) is 19.3 Å². The van der Waals surface area contributed by atoms with Crippen molar-refractivity contribution < 1.29 is 33.7 Å². The van der Waals surface area contributed by atoms with Crippen molar-refractivity contribution in [1.82, 2.24) is 0 Å². The molecule has 0 rings (SSSR count). The maximum atomic E-state index is 12.8. The van der Waals surface area contributed by atoms with E-state index in [9.17, 15) is 19.5 Å². The quantitative estimate of drug-likeness (QED) is 0.0281. The summed E-state index contributed by atoms with van der Waals surface area (Å²) in [5.41, 5.74) is 0. The summed E-state index contributed by atoms with van der Waals surface area (Å²) in [4.78, 5) is 38.1. The predicted octanol–water partition coefficient (Wildman–Crippen LogP) is 17.5. The minimum Gasteiger partial charge on any atom is -0.462 e. The molecule has 1 N–H and O–H groups in total. The van der Waals surface area contributed by atoms with Gasteiger partial charge in [0.25, 0.3) is 0 Å². The van der Waals surface area contributed by atoms with Gasteiger partial charge in [0.1, 0.15) is 13.2 Å². The first-order valence-electron chi connectivity index (χ1n) is 28.3. The molecule has 0 fully saturated rings. The van der Waals surface area contributed by atoms with Crippen molar-refractivity contribution >= 4 is 17.9 Å². The molecule has 0 heterocycles. The van der Waals surface area contributed by atoms with Crippen LogP contribution in [-0.2, 0) is 28.6 Å². The summed E-state index contributed by atoms with van der Waals surface area (Å²) in [7, 11) is 0. The summed E-state index contributed by atoms with van der Waals surface area (Å²) in [5.74, 6) is -0.903. The van der Waals surface area contributed by atoms with E-state index in [2.05, 4.69) is 32.9 Å². The SMILES string of the molecule is CCCCCCCCCCCCCCCCCC(=O)OCC(COC(=O)CCCCCCCCCCCCCCCCC)OC(=O)CCCCCCC/C=C\C[C@H](O)CCCCCC. The van der Waals surface area contributed by atoms with Crippen molar-refractivity contribution in [2.45, 2.75) is 322 Å². The molecule has 0 unspecified atom stereocenters. The first-order chi connectivity index (χ1) is 31.4. The number of hydrogen-bond donors (Lipinski definition) is 1. The van der Waals surface area contributed by atoms with Crippen LogP contribution in [0.3, 0.4) is 0 Å². The molecule has 378 valence electrons. The Morgan fingerprint density at radius 1 is 0.375 bits per heavy atom. The van der Waals surface area contributed by atoms with E-state index in [1.165, 1.54) is 173 Å². The molecule has 0 saturated carbocycles. The van der Waals surface area contributed by atoms with E-state index in [0.717, 1.165) is 96.3 Å². The molecule has 0 aromatic rings. The van der Waals surface area contributed by atoms with Crippen molar-refractivity contribution in [1.29, 1.82) is 0 Å². The van der Waals surface area contributed by atoms with Crippen molar-refractivity contribution in [2.24, 2.45) is 0 Å². The fraction of sp³-hybridized carbons (Fsp3) is 0.912. The fourth-order valence-corrected chi connectivity index (χ4v) is 8.52. The monoisotopic (exact) mass is 905 g/mol. The molecular weight excluding hydrogens is 797 g/mol. The summed E-state index contributed by atoms with van der Waals surface area (Å²) in [6.45, 7) is 6.58. The summed E-state index contributed by atoms with van der Waals surface area (Å²) in [6, 6.07) is 0. The number of allylic oxidation sites excluding steroid dienone is 1. The third-order valence-corrected chi connectivity index (χ3v) is 12.8. The largest absolute Gasteiger partial charge is 0.462 e. The molecule has 7 heteroatoms. The average Bonchev–Trinajstić information content (AvgIpc) is 3.29. The Morgan fingerprint density at radius 2 is 0.672 bits per heavy atom. The van der Waals surface area contributed by atoms with Gasteiger partial charge in [-0.25, -0.2) is 0 Å². The lowest BCUT2D eigenvalue weighted by atomic mass is 10.0. The Morgan fingerprint density at radius 3 is 1.03 bits per heavy atom. The second-order valence-electron chi connectivity index (χ2n) is 19.4. The van der Waals surface area contributed by atoms with Crippen LogP contribution in [0.2, 0.25) is 0 Å². The van der Waals surface area contributed by atoms with Crippen molar-refractivity contribution in [3.63, 3.8) is 0 Å². The minimum absolute atomic E-state index is 0.0844. The number of carbonyl (C=O) groups excluding carboxylic acids is 3. The van der Waals surface area contributed by atoms with Crippen LogP contribution in [-0.4, -0.2) is 48.4 Å². The van der Waals surface area contributed by atoms with Crippen LogP contribution in [0.15, 0.2) is 12.2 Å². The van der Waals surface area contributed by atoms with Gasteiger partial charge in [0.05, 0.1) is 6.10 Å². The highest BCUT2D eigenvalue weighted by Crippen LogP contribution is 2.17. The number of aliphatic hydroxyl groups is 1. The zero-order chi connectivity index (χ0) is 46.7. The number of hydrogen-bond acceptors (Lipinski definition) is 7. The average molecular weight is 905 g/mol. The summed E-state index contributed by atoms with van der Waals surface area (Å²) < 4.78 is 16.8. The molecule has 0 aliphatic heterocycles. The first-order valence-corrected chi connectivity index (χ1v) is 28.3. The molecule has 7 nitrogen and oxygen atoms in total. The number of unbranched alkanes of at least 4 members (excludes halogenated alkanes) is 36. The Balaban J connectivity index is 4.37. The van der Waals surface area contributed by atoms with Gasteiger partial charge in [-0.3, -0.25) is 14.4 Å². The highest BCUT2D eigenvalue weighted by molar-refractivity contribution is 5.71. The number of aliphatic hydroxyl groups excluding tert-OH is 1. The minimum atomic E-state index is -0.788. The molecule has 0 aliphatic rings. The van der Waals surface area contributed by atoms with Gasteiger partial charge in [0.15, 0.2) is 6.10 Å². The van der Waals surface area contributed by atoms with E-state index >= 15 is 0 Å². The lowest BCUT2D eigenvalue weighted by molar-refractivity contribution is -0.167. The molecule has 0 radical (unpaired) electrons. The van der Waals surface area contributed by atoms with Gasteiger partial charge in [-0.15, -0.1) is 0 Å². The van der Waals surface area contributed by atoms with Gasteiger partial charge >= 0.3 is 17.9 Å². The third kappa shape index (κ3) is 49.5. The van der Waals surface area contributed by atoms with Gasteiger partial charge in [-0.05, 0) is 44.9 Å². The Labute approximate surface area is 397 Å². The van der Waals surface area contributed by atoms with Crippen LogP contribution in [0.1, 0.15) is 310 Å². The second-order valence-corrected chi connectivity index (χ2v) is 19.4. The second kappa shape index (κ2) is 52.1.